The molecule has 0 aliphatic rings. The maximum absolute atomic E-state index is 13.4. The number of carbonyl (C=O) groups excluding carboxylic acids is 1. The fourth-order valence-corrected chi connectivity index (χ4v) is 3.54. The molecule has 0 bridgehead atoms. The average Bonchev–Trinajstić information content (AvgIpc) is 2.83. The smallest absolute Gasteiger partial charge is 0.328 e. The van der Waals surface area contributed by atoms with Gasteiger partial charge in [-0.25, -0.2) is 9.18 Å². The van der Waals surface area contributed by atoms with E-state index in [1.807, 2.05) is 18.2 Å². The van der Waals surface area contributed by atoms with Crippen molar-refractivity contribution in [3.8, 4) is 5.75 Å². The number of carboxylic acids is 1. The zero-order valence-corrected chi connectivity index (χ0v) is 18.2. The number of ether oxygens (including phenoxy) is 1. The molecule has 170 valence electrons. The Kier molecular flexibility index (Phi) is 6.98. The van der Waals surface area contributed by atoms with Crippen LogP contribution in [-0.4, -0.2) is 23.6 Å². The number of halogens is 1. The number of rotatable bonds is 8. The molecule has 0 atom stereocenters. The lowest BCUT2D eigenvalue weighted by molar-refractivity contribution is -0.131. The first-order valence-electron chi connectivity index (χ1n) is 10.7. The molecule has 0 heterocycles. The van der Waals surface area contributed by atoms with Crippen molar-refractivity contribution in [2.24, 2.45) is 0 Å². The quantitative estimate of drug-likeness (QED) is 0.322. The molecule has 0 radical (unpaired) electrons. The molecule has 2 N–H and O–H groups in total. The summed E-state index contributed by atoms with van der Waals surface area (Å²) in [4.78, 5) is 23.6. The van der Waals surface area contributed by atoms with Gasteiger partial charge in [-0.05, 0) is 52.7 Å². The molecule has 0 aliphatic heterocycles. The summed E-state index contributed by atoms with van der Waals surface area (Å²) in [5.41, 5.74) is 2.26. The number of carbonyl (C=O) groups is 2. The third-order valence-electron chi connectivity index (χ3n) is 5.23. The third kappa shape index (κ3) is 5.86. The molecule has 4 aromatic rings. The fraction of sp³-hybridized carbons (Fsp3) is 0.0714. The fourth-order valence-electron chi connectivity index (χ4n) is 3.54. The maximum atomic E-state index is 13.4. The van der Waals surface area contributed by atoms with Crippen LogP contribution in [0, 0.1) is 5.82 Å². The lowest BCUT2D eigenvalue weighted by atomic mass is 10.1. The molecular weight excluding hydrogens is 433 g/mol. The Hall–Kier alpha value is -4.45. The van der Waals surface area contributed by atoms with Crippen molar-refractivity contribution in [3.05, 3.63) is 114 Å². The van der Waals surface area contributed by atoms with Gasteiger partial charge in [0.2, 0.25) is 0 Å². The summed E-state index contributed by atoms with van der Waals surface area (Å²) >= 11 is 0. The highest BCUT2D eigenvalue weighted by Gasteiger charge is 2.11. The minimum absolute atomic E-state index is 0.303. The van der Waals surface area contributed by atoms with E-state index in [9.17, 15) is 14.0 Å². The summed E-state index contributed by atoms with van der Waals surface area (Å²) in [6.45, 7) is 0.335. The second-order valence-electron chi connectivity index (χ2n) is 7.67. The monoisotopic (exact) mass is 455 g/mol. The van der Waals surface area contributed by atoms with E-state index < -0.39 is 17.7 Å². The number of fused-ring (bicyclic) bond motifs is 1. The largest absolute Gasteiger partial charge is 0.493 e. The number of benzene rings is 4. The number of amides is 1. The number of anilines is 1. The number of hydrogen-bond donors (Lipinski definition) is 2. The molecular formula is C28H22FNO4. The lowest BCUT2D eigenvalue weighted by Gasteiger charge is -2.12. The third-order valence-corrected chi connectivity index (χ3v) is 5.23. The standard InChI is InChI=1S/C28H22FNO4/c29-24-6-3-7-25(18-24)30-28(33)23-11-10-21(12-13-27(31)32)26(17-23)34-15-14-19-8-9-20-4-1-2-5-22(20)16-19/h1-13,16-18H,14-15H2,(H,30,33)(H,31,32)/b13-12+. The van der Waals surface area contributed by atoms with Gasteiger partial charge in [0.1, 0.15) is 11.6 Å². The second-order valence-corrected chi connectivity index (χ2v) is 7.67. The lowest BCUT2D eigenvalue weighted by Crippen LogP contribution is -2.12. The molecule has 4 aromatic carbocycles. The van der Waals surface area contributed by atoms with Crippen LogP contribution in [0.4, 0.5) is 10.1 Å². The molecule has 6 heteroatoms. The molecule has 34 heavy (non-hydrogen) atoms. The minimum Gasteiger partial charge on any atom is -0.493 e. The number of hydrogen-bond acceptors (Lipinski definition) is 3. The number of nitrogens with one attached hydrogen (secondary N) is 1. The molecule has 1 amide bonds. The van der Waals surface area contributed by atoms with E-state index in [-0.39, 0.29) is 0 Å². The average molecular weight is 455 g/mol. The van der Waals surface area contributed by atoms with Gasteiger partial charge in [-0.15, -0.1) is 0 Å². The molecule has 0 unspecified atom stereocenters. The molecule has 4 rings (SSSR count). The van der Waals surface area contributed by atoms with Crippen LogP contribution < -0.4 is 10.1 Å². The highest BCUT2D eigenvalue weighted by Crippen LogP contribution is 2.24. The molecule has 5 nitrogen and oxygen atoms in total. The first-order chi connectivity index (χ1) is 16.5. The van der Waals surface area contributed by atoms with Crippen LogP contribution in [0.3, 0.4) is 0 Å². The summed E-state index contributed by atoms with van der Waals surface area (Å²) in [6.07, 6.45) is 3.06. The first kappa shape index (κ1) is 22.7. The van der Waals surface area contributed by atoms with E-state index in [1.165, 1.54) is 24.3 Å². The van der Waals surface area contributed by atoms with Gasteiger partial charge in [0.15, 0.2) is 0 Å². The molecule has 0 aliphatic carbocycles. The van der Waals surface area contributed by atoms with Crippen molar-refractivity contribution in [2.75, 3.05) is 11.9 Å². The van der Waals surface area contributed by atoms with Gasteiger partial charge in [0.05, 0.1) is 6.61 Å². The van der Waals surface area contributed by atoms with E-state index >= 15 is 0 Å². The van der Waals surface area contributed by atoms with Crippen LogP contribution in [0.25, 0.3) is 16.8 Å². The molecule has 0 spiro atoms. The van der Waals surface area contributed by atoms with Crippen molar-refractivity contribution in [3.63, 3.8) is 0 Å². The zero-order valence-electron chi connectivity index (χ0n) is 18.2. The Balaban J connectivity index is 1.51. The van der Waals surface area contributed by atoms with Crippen LogP contribution >= 0.6 is 0 Å². The minimum atomic E-state index is -1.09. The van der Waals surface area contributed by atoms with Crippen molar-refractivity contribution >= 4 is 34.4 Å². The van der Waals surface area contributed by atoms with Crippen LogP contribution in [0.2, 0.25) is 0 Å². The van der Waals surface area contributed by atoms with Gasteiger partial charge in [0.25, 0.3) is 5.91 Å². The van der Waals surface area contributed by atoms with E-state index in [0.717, 1.165) is 22.4 Å². The first-order valence-corrected chi connectivity index (χ1v) is 10.7. The van der Waals surface area contributed by atoms with Crippen LogP contribution in [0.1, 0.15) is 21.5 Å². The van der Waals surface area contributed by atoms with E-state index in [4.69, 9.17) is 9.84 Å². The van der Waals surface area contributed by atoms with Crippen LogP contribution in [0.5, 0.6) is 5.75 Å². The van der Waals surface area contributed by atoms with E-state index in [2.05, 4.69) is 29.6 Å². The molecule has 0 saturated heterocycles. The number of carboxylic acid groups (broad SMARTS) is 1. The summed E-state index contributed by atoms with van der Waals surface area (Å²) in [5, 5.41) is 13.9. The van der Waals surface area contributed by atoms with Gasteiger partial charge in [-0.1, -0.05) is 54.6 Å². The topological polar surface area (TPSA) is 75.6 Å². The highest BCUT2D eigenvalue weighted by atomic mass is 19.1. The van der Waals surface area contributed by atoms with Gasteiger partial charge in [-0.3, -0.25) is 4.79 Å². The SMILES string of the molecule is O=C(O)/C=C/c1ccc(C(=O)Nc2cccc(F)c2)cc1OCCc1ccc2ccccc2c1. The van der Waals surface area contributed by atoms with Gasteiger partial charge in [-0.2, -0.15) is 0 Å². The Morgan fingerprint density at radius 1 is 0.912 bits per heavy atom. The normalized spacial score (nSPS) is 11.0. The van der Waals surface area contributed by atoms with E-state index in [1.54, 1.807) is 24.3 Å². The summed E-state index contributed by atoms with van der Waals surface area (Å²) in [6, 6.07) is 24.6. The highest BCUT2D eigenvalue weighted by molar-refractivity contribution is 6.04. The Morgan fingerprint density at radius 3 is 2.53 bits per heavy atom. The second kappa shape index (κ2) is 10.4. The van der Waals surface area contributed by atoms with Gasteiger partial charge in [0, 0.05) is 29.3 Å². The van der Waals surface area contributed by atoms with Crippen molar-refractivity contribution < 1.29 is 23.8 Å². The Labute approximate surface area is 196 Å². The summed E-state index contributed by atoms with van der Waals surface area (Å²) < 4.78 is 19.4. The van der Waals surface area contributed by atoms with Crippen molar-refractivity contribution in [1.82, 2.24) is 0 Å². The summed E-state index contributed by atoms with van der Waals surface area (Å²) in [7, 11) is 0. The Morgan fingerprint density at radius 2 is 1.74 bits per heavy atom. The van der Waals surface area contributed by atoms with E-state index in [0.29, 0.717) is 35.6 Å². The van der Waals surface area contributed by atoms with Gasteiger partial charge >= 0.3 is 5.97 Å². The van der Waals surface area contributed by atoms with Crippen LogP contribution in [-0.2, 0) is 11.2 Å². The maximum Gasteiger partial charge on any atom is 0.328 e. The molecule has 0 fully saturated rings. The van der Waals surface area contributed by atoms with Gasteiger partial charge < -0.3 is 15.2 Å². The van der Waals surface area contributed by atoms with Crippen molar-refractivity contribution in [1.29, 1.82) is 0 Å². The van der Waals surface area contributed by atoms with Crippen molar-refractivity contribution in [2.45, 2.75) is 6.42 Å². The molecule has 0 aromatic heterocycles. The molecule has 0 saturated carbocycles. The predicted molar refractivity (Wildman–Crippen MR) is 131 cm³/mol. The predicted octanol–water partition coefficient (Wildman–Crippen LogP) is 5.95. The van der Waals surface area contributed by atoms with Crippen LogP contribution in [0.15, 0.2) is 91.0 Å². The number of aliphatic carboxylic acids is 1. The zero-order chi connectivity index (χ0) is 23.9. The Bertz CT molecular complexity index is 1380. The summed E-state index contributed by atoms with van der Waals surface area (Å²) in [5.74, 6) is -1.59.